The molecule has 1 unspecified atom stereocenters. The third kappa shape index (κ3) is 6.96. The van der Waals surface area contributed by atoms with Gasteiger partial charge in [-0.1, -0.05) is 54.7 Å². The first-order chi connectivity index (χ1) is 13.7. The van der Waals surface area contributed by atoms with E-state index in [9.17, 15) is 9.90 Å². The Morgan fingerprint density at radius 2 is 1.86 bits per heavy atom. The molecule has 158 valence electrons. The summed E-state index contributed by atoms with van der Waals surface area (Å²) >= 11 is 18.5. The molecule has 0 spiro atoms. The second-order valence-corrected chi connectivity index (χ2v) is 8.29. The van der Waals surface area contributed by atoms with Crippen LogP contribution in [0.2, 0.25) is 15.1 Å². The smallest absolute Gasteiger partial charge is 0.320 e. The van der Waals surface area contributed by atoms with Crippen molar-refractivity contribution in [1.82, 2.24) is 5.32 Å². The zero-order valence-corrected chi connectivity index (χ0v) is 18.7. The normalized spacial score (nSPS) is 12.1. The molecule has 0 aromatic heterocycles. The van der Waals surface area contributed by atoms with E-state index < -0.39 is 12.0 Å². The van der Waals surface area contributed by atoms with Crippen molar-refractivity contribution in [3.8, 4) is 11.5 Å². The van der Waals surface area contributed by atoms with Gasteiger partial charge in [-0.25, -0.2) is 0 Å². The maximum atomic E-state index is 11.4. The first kappa shape index (κ1) is 23.6. The SMILES string of the molecule is COc1cc(CNC(CC(C)C)C(=O)O)cc(Cl)c1OCc1ccc(Cl)cc1Cl. The minimum atomic E-state index is -0.878. The molecule has 0 aliphatic rings. The summed E-state index contributed by atoms with van der Waals surface area (Å²) in [5.41, 5.74) is 1.55. The Hall–Kier alpha value is -1.66. The van der Waals surface area contributed by atoms with Gasteiger partial charge in [-0.05, 0) is 42.2 Å². The van der Waals surface area contributed by atoms with E-state index in [1.54, 1.807) is 30.3 Å². The molecule has 29 heavy (non-hydrogen) atoms. The summed E-state index contributed by atoms with van der Waals surface area (Å²) in [5.74, 6) is 0.227. The third-order valence-corrected chi connectivity index (χ3v) is 5.10. The topological polar surface area (TPSA) is 67.8 Å². The van der Waals surface area contributed by atoms with Gasteiger partial charge >= 0.3 is 5.97 Å². The van der Waals surface area contributed by atoms with Gasteiger partial charge in [0, 0.05) is 22.2 Å². The lowest BCUT2D eigenvalue weighted by Crippen LogP contribution is -2.37. The molecule has 0 heterocycles. The molecule has 1 atom stereocenters. The number of methoxy groups -OCH3 is 1. The van der Waals surface area contributed by atoms with E-state index in [-0.39, 0.29) is 12.5 Å². The highest BCUT2D eigenvalue weighted by Crippen LogP contribution is 2.37. The lowest BCUT2D eigenvalue weighted by Gasteiger charge is -2.18. The summed E-state index contributed by atoms with van der Waals surface area (Å²) in [5, 5.41) is 13.8. The van der Waals surface area contributed by atoms with Crippen LogP contribution in [0.3, 0.4) is 0 Å². The molecule has 0 amide bonds. The Morgan fingerprint density at radius 1 is 1.14 bits per heavy atom. The Morgan fingerprint density at radius 3 is 2.45 bits per heavy atom. The number of carboxylic acid groups (broad SMARTS) is 1. The van der Waals surface area contributed by atoms with E-state index in [1.165, 1.54) is 7.11 Å². The maximum Gasteiger partial charge on any atom is 0.320 e. The minimum absolute atomic E-state index is 0.194. The van der Waals surface area contributed by atoms with Crippen molar-refractivity contribution in [2.24, 2.45) is 5.92 Å². The number of carboxylic acids is 1. The summed E-state index contributed by atoms with van der Waals surface area (Å²) in [4.78, 5) is 11.4. The zero-order chi connectivity index (χ0) is 21.6. The summed E-state index contributed by atoms with van der Waals surface area (Å²) < 4.78 is 11.3. The lowest BCUT2D eigenvalue weighted by molar-refractivity contribution is -0.140. The van der Waals surface area contributed by atoms with Gasteiger partial charge < -0.3 is 19.9 Å². The van der Waals surface area contributed by atoms with E-state index in [1.807, 2.05) is 13.8 Å². The van der Waals surface area contributed by atoms with Crippen LogP contribution < -0.4 is 14.8 Å². The van der Waals surface area contributed by atoms with Crippen molar-refractivity contribution in [3.05, 3.63) is 56.5 Å². The van der Waals surface area contributed by atoms with Crippen LogP contribution in [0.5, 0.6) is 11.5 Å². The highest BCUT2D eigenvalue weighted by molar-refractivity contribution is 6.35. The van der Waals surface area contributed by atoms with E-state index in [0.29, 0.717) is 39.5 Å². The molecule has 0 saturated heterocycles. The molecular formula is C21H24Cl3NO4. The van der Waals surface area contributed by atoms with Gasteiger partial charge in [-0.15, -0.1) is 0 Å². The molecule has 0 fully saturated rings. The molecule has 2 aromatic rings. The average Bonchev–Trinajstić information content (AvgIpc) is 2.64. The molecule has 0 bridgehead atoms. The van der Waals surface area contributed by atoms with Crippen LogP contribution in [-0.2, 0) is 17.9 Å². The number of hydrogen-bond acceptors (Lipinski definition) is 4. The highest BCUT2D eigenvalue weighted by Gasteiger charge is 2.19. The van der Waals surface area contributed by atoms with Crippen molar-refractivity contribution in [2.45, 2.75) is 39.5 Å². The second-order valence-electron chi connectivity index (χ2n) is 7.03. The Labute approximate surface area is 185 Å². The van der Waals surface area contributed by atoms with Gasteiger partial charge in [0.1, 0.15) is 12.6 Å². The van der Waals surface area contributed by atoms with Crippen LogP contribution >= 0.6 is 34.8 Å². The van der Waals surface area contributed by atoms with E-state index in [2.05, 4.69) is 5.32 Å². The second kappa shape index (κ2) is 10.9. The first-order valence-electron chi connectivity index (χ1n) is 9.10. The largest absolute Gasteiger partial charge is 0.493 e. The predicted octanol–water partition coefficient (Wildman–Crippen LogP) is 5.82. The summed E-state index contributed by atoms with van der Waals surface area (Å²) in [6.07, 6.45) is 0.531. The van der Waals surface area contributed by atoms with Gasteiger partial charge in [0.15, 0.2) is 11.5 Å². The zero-order valence-electron chi connectivity index (χ0n) is 16.5. The molecule has 8 heteroatoms. The highest BCUT2D eigenvalue weighted by atomic mass is 35.5. The number of benzene rings is 2. The molecular weight excluding hydrogens is 437 g/mol. The van der Waals surface area contributed by atoms with Gasteiger partial charge in [0.05, 0.1) is 12.1 Å². The Kier molecular flexibility index (Phi) is 8.90. The summed E-state index contributed by atoms with van der Waals surface area (Å²) in [6, 6.07) is 8.02. The fourth-order valence-electron chi connectivity index (χ4n) is 2.79. The Bertz CT molecular complexity index is 858. The summed E-state index contributed by atoms with van der Waals surface area (Å²) in [6.45, 7) is 4.50. The molecule has 0 aliphatic heterocycles. The molecule has 0 aliphatic carbocycles. The van der Waals surface area contributed by atoms with E-state index in [4.69, 9.17) is 44.3 Å². The number of nitrogens with one attached hydrogen (secondary N) is 1. The standard InChI is InChI=1S/C21H24Cl3NO4/c1-12(2)6-18(21(26)27)25-10-13-7-17(24)20(19(8-13)28-3)29-11-14-4-5-15(22)9-16(14)23/h4-5,7-9,12,18,25H,6,10-11H2,1-3H3,(H,26,27). The van der Waals surface area contributed by atoms with E-state index in [0.717, 1.165) is 11.1 Å². The van der Waals surface area contributed by atoms with Crippen molar-refractivity contribution >= 4 is 40.8 Å². The molecule has 0 saturated carbocycles. The van der Waals surface area contributed by atoms with E-state index >= 15 is 0 Å². The first-order valence-corrected chi connectivity index (χ1v) is 10.2. The van der Waals surface area contributed by atoms with Gasteiger partial charge in [-0.3, -0.25) is 4.79 Å². The predicted molar refractivity (Wildman–Crippen MR) is 117 cm³/mol. The number of halogens is 3. The average molecular weight is 461 g/mol. The number of carbonyl (C=O) groups is 1. The molecule has 2 N–H and O–H groups in total. The fraction of sp³-hybridized carbons (Fsp3) is 0.381. The number of rotatable bonds is 10. The van der Waals surface area contributed by atoms with Crippen LogP contribution in [-0.4, -0.2) is 24.2 Å². The summed E-state index contributed by atoms with van der Waals surface area (Å²) in [7, 11) is 1.52. The van der Waals surface area contributed by atoms with Crippen molar-refractivity contribution in [2.75, 3.05) is 7.11 Å². The third-order valence-electron chi connectivity index (χ3n) is 4.23. The molecule has 2 rings (SSSR count). The van der Waals surface area contributed by atoms with Crippen LogP contribution in [0.4, 0.5) is 0 Å². The van der Waals surface area contributed by atoms with Crippen LogP contribution in [0.1, 0.15) is 31.4 Å². The molecule has 5 nitrogen and oxygen atoms in total. The lowest BCUT2D eigenvalue weighted by atomic mass is 10.0. The van der Waals surface area contributed by atoms with Crippen LogP contribution in [0.25, 0.3) is 0 Å². The van der Waals surface area contributed by atoms with Crippen LogP contribution in [0, 0.1) is 5.92 Å². The van der Waals surface area contributed by atoms with Crippen molar-refractivity contribution < 1.29 is 19.4 Å². The quantitative estimate of drug-likeness (QED) is 0.467. The van der Waals surface area contributed by atoms with Gasteiger partial charge in [0.2, 0.25) is 0 Å². The van der Waals surface area contributed by atoms with Crippen molar-refractivity contribution in [3.63, 3.8) is 0 Å². The number of ether oxygens (including phenoxy) is 2. The van der Waals surface area contributed by atoms with Gasteiger partial charge in [-0.2, -0.15) is 0 Å². The Balaban J connectivity index is 2.12. The van der Waals surface area contributed by atoms with Crippen LogP contribution in [0.15, 0.2) is 30.3 Å². The minimum Gasteiger partial charge on any atom is -0.493 e. The number of hydrogen-bond donors (Lipinski definition) is 2. The fourth-order valence-corrected chi connectivity index (χ4v) is 3.54. The molecule has 2 aromatic carbocycles. The maximum absolute atomic E-state index is 11.4. The number of aliphatic carboxylic acids is 1. The molecule has 0 radical (unpaired) electrons. The van der Waals surface area contributed by atoms with Crippen molar-refractivity contribution in [1.29, 1.82) is 0 Å². The monoisotopic (exact) mass is 459 g/mol. The van der Waals surface area contributed by atoms with Gasteiger partial charge in [0.25, 0.3) is 0 Å².